The van der Waals surface area contributed by atoms with Gasteiger partial charge < -0.3 is 4.90 Å². The van der Waals surface area contributed by atoms with Crippen LogP contribution in [0.3, 0.4) is 0 Å². The van der Waals surface area contributed by atoms with E-state index in [9.17, 15) is 24.5 Å². The average molecular weight is 460 g/mol. The first-order valence-electron chi connectivity index (χ1n) is 11.6. The monoisotopic (exact) mass is 460 g/mol. The summed E-state index contributed by atoms with van der Waals surface area (Å²) in [6.45, 7) is 4.73. The number of nitrogens with zero attached hydrogens (tertiary/aromatic N) is 4. The summed E-state index contributed by atoms with van der Waals surface area (Å²) < 4.78 is 0. The van der Waals surface area contributed by atoms with Gasteiger partial charge in [-0.3, -0.25) is 29.4 Å². The molecule has 9 heteroatoms. The van der Waals surface area contributed by atoms with Crippen LogP contribution in [0.25, 0.3) is 0 Å². The number of para-hydroxylation sites is 1. The highest BCUT2D eigenvalue weighted by molar-refractivity contribution is 6.26. The molecular formula is C25H24N4O5. The molecule has 34 heavy (non-hydrogen) atoms. The standard InChI is InChI=1S/C25H24N4O5/c1-3-26-17-8-5-4-7-16(17)25(24(26)32)21-20(18-9-6-12-27(18)25)22(30)28(23(21)31)19-13-15(29(33)34)11-10-14(19)2/h4-5,7-8,10-11,13,18,20-21H,3,6,9,12H2,1-2H3/t18-,20-,21-,25-/m0/s1. The van der Waals surface area contributed by atoms with Gasteiger partial charge in [0.2, 0.25) is 11.8 Å². The summed E-state index contributed by atoms with van der Waals surface area (Å²) in [4.78, 5) is 57.9. The number of hydrogen-bond donors (Lipinski definition) is 0. The van der Waals surface area contributed by atoms with Crippen LogP contribution in [0, 0.1) is 28.9 Å². The zero-order chi connectivity index (χ0) is 23.9. The van der Waals surface area contributed by atoms with Gasteiger partial charge in [-0.2, -0.15) is 0 Å². The SMILES string of the molecule is CCN1C(=O)[C@]2(c3ccccc31)[C@@H]1C(=O)N(c3cc([N+](=O)[O-])ccc3C)C(=O)[C@H]1[C@@H]1CCCN12. The lowest BCUT2D eigenvalue weighted by atomic mass is 9.75. The molecule has 4 heterocycles. The minimum absolute atomic E-state index is 0.158. The van der Waals surface area contributed by atoms with Gasteiger partial charge >= 0.3 is 0 Å². The highest BCUT2D eigenvalue weighted by Crippen LogP contribution is 2.61. The van der Waals surface area contributed by atoms with Crippen LogP contribution in [-0.4, -0.2) is 46.7 Å². The van der Waals surface area contributed by atoms with Gasteiger partial charge in [-0.05, 0) is 44.9 Å². The number of hydrogen-bond acceptors (Lipinski definition) is 6. The number of imide groups is 1. The number of carbonyl (C=O) groups is 3. The molecule has 0 unspecified atom stereocenters. The normalized spacial score (nSPS) is 29.8. The molecule has 0 aromatic heterocycles. The number of nitro benzene ring substituents is 1. The smallest absolute Gasteiger partial charge is 0.271 e. The summed E-state index contributed by atoms with van der Waals surface area (Å²) in [7, 11) is 0. The number of nitro groups is 1. The van der Waals surface area contributed by atoms with Crippen LogP contribution in [0.1, 0.15) is 30.9 Å². The maximum atomic E-state index is 14.1. The van der Waals surface area contributed by atoms with E-state index in [1.807, 2.05) is 31.2 Å². The van der Waals surface area contributed by atoms with E-state index in [-0.39, 0.29) is 29.2 Å². The second-order valence-electron chi connectivity index (χ2n) is 9.48. The van der Waals surface area contributed by atoms with Crippen LogP contribution >= 0.6 is 0 Å². The van der Waals surface area contributed by atoms with Crippen molar-refractivity contribution in [2.75, 3.05) is 22.9 Å². The van der Waals surface area contributed by atoms with Crippen molar-refractivity contribution in [1.29, 1.82) is 0 Å². The summed E-state index contributed by atoms with van der Waals surface area (Å²) in [6.07, 6.45) is 1.57. The average Bonchev–Trinajstić information content (AvgIpc) is 3.52. The van der Waals surface area contributed by atoms with Crippen LogP contribution in [0.4, 0.5) is 17.1 Å². The number of aryl methyl sites for hydroxylation is 1. The molecule has 0 radical (unpaired) electrons. The van der Waals surface area contributed by atoms with E-state index in [2.05, 4.69) is 4.90 Å². The lowest BCUT2D eigenvalue weighted by Crippen LogP contribution is -2.56. The highest BCUT2D eigenvalue weighted by Gasteiger charge is 2.75. The third-order valence-corrected chi connectivity index (χ3v) is 8.11. The summed E-state index contributed by atoms with van der Waals surface area (Å²) >= 11 is 0. The van der Waals surface area contributed by atoms with Gasteiger partial charge in [0.25, 0.3) is 11.6 Å². The fourth-order valence-electron chi connectivity index (χ4n) is 6.84. The van der Waals surface area contributed by atoms with Crippen LogP contribution < -0.4 is 9.80 Å². The van der Waals surface area contributed by atoms with E-state index in [0.717, 1.165) is 29.0 Å². The second kappa shape index (κ2) is 6.96. The van der Waals surface area contributed by atoms with Crippen molar-refractivity contribution in [2.24, 2.45) is 11.8 Å². The van der Waals surface area contributed by atoms with Crippen molar-refractivity contribution in [3.05, 3.63) is 63.7 Å². The largest absolute Gasteiger partial charge is 0.310 e. The lowest BCUT2D eigenvalue weighted by molar-refractivity contribution is -0.384. The van der Waals surface area contributed by atoms with E-state index >= 15 is 0 Å². The Morgan fingerprint density at radius 1 is 1.09 bits per heavy atom. The first kappa shape index (κ1) is 21.0. The Labute approximate surface area is 196 Å². The molecule has 6 rings (SSSR count). The molecule has 4 aliphatic heterocycles. The molecule has 3 saturated heterocycles. The van der Waals surface area contributed by atoms with Gasteiger partial charge in [0.15, 0.2) is 0 Å². The fourth-order valence-corrected chi connectivity index (χ4v) is 6.84. The van der Waals surface area contributed by atoms with Crippen molar-refractivity contribution in [3.8, 4) is 0 Å². The van der Waals surface area contributed by atoms with E-state index < -0.39 is 28.2 Å². The van der Waals surface area contributed by atoms with Crippen molar-refractivity contribution >= 4 is 34.8 Å². The summed E-state index contributed by atoms with van der Waals surface area (Å²) in [5.74, 6) is -2.51. The molecule has 0 saturated carbocycles. The van der Waals surface area contributed by atoms with Crippen LogP contribution in [0.2, 0.25) is 0 Å². The van der Waals surface area contributed by atoms with Crippen LogP contribution in [0.5, 0.6) is 0 Å². The number of likely N-dealkylation sites (N-methyl/N-ethyl adjacent to an activating group) is 1. The van der Waals surface area contributed by atoms with Crippen LogP contribution in [-0.2, 0) is 19.9 Å². The van der Waals surface area contributed by atoms with Gasteiger partial charge in [0.1, 0.15) is 5.54 Å². The molecule has 3 fully saturated rings. The molecule has 174 valence electrons. The second-order valence-corrected chi connectivity index (χ2v) is 9.48. The Hall–Kier alpha value is -3.59. The predicted molar refractivity (Wildman–Crippen MR) is 123 cm³/mol. The molecule has 2 aromatic rings. The number of rotatable bonds is 3. The minimum Gasteiger partial charge on any atom is -0.310 e. The Kier molecular flexibility index (Phi) is 4.29. The highest BCUT2D eigenvalue weighted by atomic mass is 16.6. The molecule has 2 aromatic carbocycles. The molecule has 4 atom stereocenters. The van der Waals surface area contributed by atoms with Gasteiger partial charge in [0, 0.05) is 36.0 Å². The van der Waals surface area contributed by atoms with E-state index in [1.54, 1.807) is 17.9 Å². The van der Waals surface area contributed by atoms with E-state index in [4.69, 9.17) is 0 Å². The maximum Gasteiger partial charge on any atom is 0.271 e. The van der Waals surface area contributed by atoms with Crippen molar-refractivity contribution in [1.82, 2.24) is 4.90 Å². The van der Waals surface area contributed by atoms with E-state index in [1.165, 1.54) is 12.1 Å². The van der Waals surface area contributed by atoms with Gasteiger partial charge in [0.05, 0.1) is 22.4 Å². The number of carbonyl (C=O) groups excluding carboxylic acids is 3. The third-order valence-electron chi connectivity index (χ3n) is 8.11. The van der Waals surface area contributed by atoms with Gasteiger partial charge in [-0.25, -0.2) is 4.90 Å². The summed E-state index contributed by atoms with van der Waals surface area (Å²) in [5, 5.41) is 11.4. The summed E-state index contributed by atoms with van der Waals surface area (Å²) in [6, 6.07) is 11.5. The third kappa shape index (κ3) is 2.30. The molecule has 0 N–H and O–H groups in total. The predicted octanol–water partition coefficient (Wildman–Crippen LogP) is 2.75. The maximum absolute atomic E-state index is 14.1. The molecular weight excluding hydrogens is 436 g/mol. The molecule has 3 amide bonds. The number of benzene rings is 2. The van der Waals surface area contributed by atoms with Crippen molar-refractivity contribution in [3.63, 3.8) is 0 Å². The van der Waals surface area contributed by atoms with Crippen molar-refractivity contribution < 1.29 is 19.3 Å². The summed E-state index contributed by atoms with van der Waals surface area (Å²) in [5.41, 5.74) is 0.970. The minimum atomic E-state index is -1.23. The number of fused-ring (bicyclic) bond motifs is 7. The quantitative estimate of drug-likeness (QED) is 0.396. The Balaban J connectivity index is 1.56. The topological polar surface area (TPSA) is 104 Å². The molecule has 0 bridgehead atoms. The zero-order valence-corrected chi connectivity index (χ0v) is 18.9. The Morgan fingerprint density at radius 3 is 2.59 bits per heavy atom. The Bertz CT molecular complexity index is 1290. The van der Waals surface area contributed by atoms with Gasteiger partial charge in [-0.1, -0.05) is 24.3 Å². The number of amides is 3. The molecule has 4 aliphatic rings. The molecule has 0 aliphatic carbocycles. The zero-order valence-electron chi connectivity index (χ0n) is 18.9. The molecule has 1 spiro atoms. The number of non-ortho nitro benzene ring substituents is 1. The number of anilines is 2. The first-order valence-corrected chi connectivity index (χ1v) is 11.6. The van der Waals surface area contributed by atoms with E-state index in [0.29, 0.717) is 18.7 Å². The van der Waals surface area contributed by atoms with Crippen molar-refractivity contribution in [2.45, 2.75) is 38.3 Å². The fraction of sp³-hybridized carbons (Fsp3) is 0.400. The van der Waals surface area contributed by atoms with Gasteiger partial charge in [-0.15, -0.1) is 0 Å². The first-order chi connectivity index (χ1) is 16.3. The Morgan fingerprint density at radius 2 is 1.85 bits per heavy atom. The lowest BCUT2D eigenvalue weighted by Gasteiger charge is -2.37. The van der Waals surface area contributed by atoms with Crippen LogP contribution in [0.15, 0.2) is 42.5 Å². The molecule has 9 nitrogen and oxygen atoms in total.